The van der Waals surface area contributed by atoms with Crippen LogP contribution in [0.2, 0.25) is 5.02 Å². The summed E-state index contributed by atoms with van der Waals surface area (Å²) in [5.74, 6) is -0.507. The molecule has 2 rings (SSSR count). The number of sulfonamides is 1. The average molecular weight is 322 g/mol. The van der Waals surface area contributed by atoms with Gasteiger partial charge in [-0.1, -0.05) is 17.7 Å². The first-order valence-corrected chi connectivity index (χ1v) is 8.49. The number of aliphatic hydroxyl groups is 1. The van der Waals surface area contributed by atoms with E-state index in [-0.39, 0.29) is 23.4 Å². The first kappa shape index (κ1) is 15.7. The molecule has 1 aliphatic carbocycles. The van der Waals surface area contributed by atoms with Crippen molar-refractivity contribution in [3.8, 4) is 0 Å². The van der Waals surface area contributed by atoms with Crippen LogP contribution in [0.25, 0.3) is 0 Å². The standard InChI is InChI=1S/C13H17ClFNO3S/c14-11-7-9(1-4-12(11)15)8-20(18,19)16-13(5-6-17)10-2-3-10/h1,4,7,10,13,16-17H,2-3,5-6,8H2. The minimum absolute atomic E-state index is 0.0495. The molecule has 112 valence electrons. The Labute approximate surface area is 123 Å². The number of aliphatic hydroxyl groups excluding tert-OH is 1. The van der Waals surface area contributed by atoms with E-state index in [4.69, 9.17) is 16.7 Å². The van der Waals surface area contributed by atoms with Gasteiger partial charge in [-0.25, -0.2) is 17.5 Å². The van der Waals surface area contributed by atoms with E-state index >= 15 is 0 Å². The van der Waals surface area contributed by atoms with Gasteiger partial charge in [0.05, 0.1) is 10.8 Å². The van der Waals surface area contributed by atoms with E-state index in [0.29, 0.717) is 17.9 Å². The van der Waals surface area contributed by atoms with Crippen LogP contribution in [-0.4, -0.2) is 26.2 Å². The van der Waals surface area contributed by atoms with Gasteiger partial charge >= 0.3 is 0 Å². The smallest absolute Gasteiger partial charge is 0.216 e. The zero-order valence-electron chi connectivity index (χ0n) is 10.9. The largest absolute Gasteiger partial charge is 0.396 e. The van der Waals surface area contributed by atoms with Crippen LogP contribution in [0.5, 0.6) is 0 Å². The highest BCUT2D eigenvalue weighted by Crippen LogP contribution is 2.34. The predicted octanol–water partition coefficient (Wildman–Crippen LogP) is 2.06. The first-order valence-electron chi connectivity index (χ1n) is 6.46. The van der Waals surface area contributed by atoms with Crippen LogP contribution in [0.4, 0.5) is 4.39 Å². The SMILES string of the molecule is O=S(=O)(Cc1ccc(F)c(Cl)c1)NC(CCO)C1CC1. The third-order valence-corrected chi connectivity index (χ3v) is 4.97. The van der Waals surface area contributed by atoms with Gasteiger partial charge in [-0.15, -0.1) is 0 Å². The molecule has 1 saturated carbocycles. The van der Waals surface area contributed by atoms with Gasteiger partial charge < -0.3 is 5.11 Å². The third-order valence-electron chi connectivity index (χ3n) is 3.30. The molecule has 1 fully saturated rings. The second-order valence-electron chi connectivity index (χ2n) is 5.08. The summed E-state index contributed by atoms with van der Waals surface area (Å²) in [7, 11) is -3.53. The summed E-state index contributed by atoms with van der Waals surface area (Å²) in [6.45, 7) is -0.0495. The normalized spacial score (nSPS) is 17.1. The maximum absolute atomic E-state index is 13.0. The van der Waals surface area contributed by atoms with Crippen LogP contribution in [0.15, 0.2) is 18.2 Å². The van der Waals surface area contributed by atoms with Crippen molar-refractivity contribution in [2.45, 2.75) is 31.1 Å². The van der Waals surface area contributed by atoms with Crippen LogP contribution < -0.4 is 4.72 Å². The molecule has 1 aromatic rings. The molecular formula is C13H17ClFNO3S. The molecular weight excluding hydrogens is 305 g/mol. The molecule has 4 nitrogen and oxygen atoms in total. The number of hydrogen-bond donors (Lipinski definition) is 2. The fourth-order valence-corrected chi connectivity index (χ4v) is 3.83. The van der Waals surface area contributed by atoms with Crippen molar-refractivity contribution in [1.82, 2.24) is 4.72 Å². The Morgan fingerprint density at radius 3 is 2.70 bits per heavy atom. The molecule has 0 saturated heterocycles. The lowest BCUT2D eigenvalue weighted by molar-refractivity contribution is 0.265. The summed E-state index contributed by atoms with van der Waals surface area (Å²) in [5, 5.41) is 8.88. The summed E-state index contributed by atoms with van der Waals surface area (Å²) in [4.78, 5) is 0. The first-order chi connectivity index (χ1) is 9.41. The lowest BCUT2D eigenvalue weighted by Crippen LogP contribution is -2.37. The lowest BCUT2D eigenvalue weighted by atomic mass is 10.1. The highest BCUT2D eigenvalue weighted by molar-refractivity contribution is 7.88. The summed E-state index contributed by atoms with van der Waals surface area (Å²) in [5.41, 5.74) is 0.433. The molecule has 0 aromatic heterocycles. The maximum Gasteiger partial charge on any atom is 0.216 e. The molecule has 2 N–H and O–H groups in total. The van der Waals surface area contributed by atoms with Crippen molar-refractivity contribution < 1.29 is 17.9 Å². The molecule has 1 atom stereocenters. The van der Waals surface area contributed by atoms with E-state index in [1.54, 1.807) is 0 Å². The molecule has 0 heterocycles. The molecule has 0 aliphatic heterocycles. The minimum Gasteiger partial charge on any atom is -0.396 e. The van der Waals surface area contributed by atoms with Gasteiger partial charge in [-0.05, 0) is 42.9 Å². The Bertz CT molecular complexity index is 575. The van der Waals surface area contributed by atoms with Crippen molar-refractivity contribution in [3.05, 3.63) is 34.6 Å². The molecule has 1 aromatic carbocycles. The second kappa shape index (κ2) is 6.39. The number of rotatable bonds is 7. The van der Waals surface area contributed by atoms with Crippen molar-refractivity contribution >= 4 is 21.6 Å². The van der Waals surface area contributed by atoms with Crippen LogP contribution in [0.1, 0.15) is 24.8 Å². The highest BCUT2D eigenvalue weighted by atomic mass is 35.5. The Balaban J connectivity index is 2.04. The van der Waals surface area contributed by atoms with Gasteiger partial charge in [0.1, 0.15) is 5.82 Å². The Kier molecular flexibility index (Phi) is 5.01. The molecule has 1 aliphatic rings. The lowest BCUT2D eigenvalue weighted by Gasteiger charge is -2.17. The highest BCUT2D eigenvalue weighted by Gasteiger charge is 2.33. The molecule has 20 heavy (non-hydrogen) atoms. The maximum atomic E-state index is 13.0. The molecule has 1 unspecified atom stereocenters. The van der Waals surface area contributed by atoms with E-state index in [0.717, 1.165) is 18.9 Å². The zero-order valence-corrected chi connectivity index (χ0v) is 12.4. The van der Waals surface area contributed by atoms with Crippen molar-refractivity contribution in [3.63, 3.8) is 0 Å². The number of halogens is 2. The summed E-state index contributed by atoms with van der Waals surface area (Å²) >= 11 is 5.64. The van der Waals surface area contributed by atoms with Gasteiger partial charge in [-0.3, -0.25) is 0 Å². The van der Waals surface area contributed by atoms with Crippen LogP contribution >= 0.6 is 11.6 Å². The van der Waals surface area contributed by atoms with Crippen LogP contribution in [0.3, 0.4) is 0 Å². The number of hydrogen-bond acceptors (Lipinski definition) is 3. The van der Waals surface area contributed by atoms with E-state index in [1.807, 2.05) is 0 Å². The summed E-state index contributed by atoms with van der Waals surface area (Å²) in [6.07, 6.45) is 2.37. The summed E-state index contributed by atoms with van der Waals surface area (Å²) < 4.78 is 39.8. The van der Waals surface area contributed by atoms with Crippen molar-refractivity contribution in [2.24, 2.45) is 5.92 Å². The minimum atomic E-state index is -3.53. The average Bonchev–Trinajstić information content (AvgIpc) is 3.17. The third kappa shape index (κ3) is 4.41. The fraction of sp³-hybridized carbons (Fsp3) is 0.538. The van der Waals surface area contributed by atoms with Gasteiger partial charge in [0.2, 0.25) is 10.0 Å². The second-order valence-corrected chi connectivity index (χ2v) is 7.24. The summed E-state index contributed by atoms with van der Waals surface area (Å²) in [6, 6.07) is 3.65. The zero-order chi connectivity index (χ0) is 14.8. The Hall–Kier alpha value is -0.690. The van der Waals surface area contributed by atoms with Gasteiger partial charge in [0, 0.05) is 12.6 Å². The van der Waals surface area contributed by atoms with E-state index in [1.165, 1.54) is 12.1 Å². The van der Waals surface area contributed by atoms with Crippen molar-refractivity contribution in [2.75, 3.05) is 6.61 Å². The van der Waals surface area contributed by atoms with Crippen LogP contribution in [-0.2, 0) is 15.8 Å². The topological polar surface area (TPSA) is 66.4 Å². The van der Waals surface area contributed by atoms with Crippen molar-refractivity contribution in [1.29, 1.82) is 0 Å². The van der Waals surface area contributed by atoms with E-state index in [9.17, 15) is 12.8 Å². The monoisotopic (exact) mass is 321 g/mol. The van der Waals surface area contributed by atoms with E-state index in [2.05, 4.69) is 4.72 Å². The fourth-order valence-electron chi connectivity index (χ4n) is 2.15. The number of nitrogens with one attached hydrogen (secondary N) is 1. The Morgan fingerprint density at radius 2 is 2.15 bits per heavy atom. The predicted molar refractivity (Wildman–Crippen MR) is 75.4 cm³/mol. The van der Waals surface area contributed by atoms with E-state index < -0.39 is 15.8 Å². The van der Waals surface area contributed by atoms with Gasteiger partial charge in [-0.2, -0.15) is 0 Å². The molecule has 0 amide bonds. The molecule has 0 radical (unpaired) electrons. The van der Waals surface area contributed by atoms with Crippen LogP contribution in [0, 0.1) is 11.7 Å². The Morgan fingerprint density at radius 1 is 1.45 bits per heavy atom. The molecule has 7 heteroatoms. The van der Waals surface area contributed by atoms with Gasteiger partial charge in [0.15, 0.2) is 0 Å². The number of benzene rings is 1. The quantitative estimate of drug-likeness (QED) is 0.808. The molecule has 0 spiro atoms. The molecule has 0 bridgehead atoms. The van der Waals surface area contributed by atoms with Gasteiger partial charge in [0.25, 0.3) is 0 Å².